The summed E-state index contributed by atoms with van der Waals surface area (Å²) in [6, 6.07) is 16.4. The number of nitrogens with zero attached hydrogens (tertiary/aromatic N) is 5. The van der Waals surface area contributed by atoms with Crippen molar-refractivity contribution in [3.63, 3.8) is 0 Å². The Balaban J connectivity index is 1.07. The Morgan fingerprint density at radius 3 is 1.70 bits per heavy atom. The zero-order valence-corrected chi connectivity index (χ0v) is 78.8. The molecule has 0 radical (unpaired) electrons. The van der Waals surface area contributed by atoms with E-state index < -0.39 is 247 Å². The van der Waals surface area contributed by atoms with Gasteiger partial charge in [-0.05, 0) is 119 Å². The van der Waals surface area contributed by atoms with E-state index >= 15 is 56.7 Å². The first-order valence-corrected chi connectivity index (χ1v) is 47.1. The van der Waals surface area contributed by atoms with E-state index in [-0.39, 0.29) is 94.3 Å². The van der Waals surface area contributed by atoms with E-state index in [0.29, 0.717) is 81.0 Å². The molecule has 6 aromatic carbocycles. The summed E-state index contributed by atoms with van der Waals surface area (Å²) >= 11 is 0.656. The molecule has 20 N–H and O–H groups in total. The van der Waals surface area contributed by atoms with Crippen molar-refractivity contribution in [3.05, 3.63) is 220 Å². The number of para-hydroxylation sites is 1. The highest BCUT2D eigenvalue weighted by Gasteiger charge is 2.47. The lowest BCUT2D eigenvalue weighted by molar-refractivity contribution is -0.152. The summed E-state index contributed by atoms with van der Waals surface area (Å²) in [5, 5.41) is 46.8. The maximum atomic E-state index is 15.9. The lowest BCUT2D eigenvalue weighted by atomic mass is 9.98. The third-order valence-electron chi connectivity index (χ3n) is 24.9. The minimum Gasteiger partial charge on any atom is -0.508 e. The topological polar surface area (TPSA) is 541 Å². The Morgan fingerprint density at radius 2 is 1.08 bits per heavy atom. The summed E-state index contributed by atoms with van der Waals surface area (Å²) in [7, 11) is 3.87. The highest BCUT2D eigenvalue weighted by atomic mass is 32.2. The molecule has 10 rings (SSSR count). The second-order valence-electron chi connectivity index (χ2n) is 35.3. The minimum atomic E-state index is -1.87. The molecule has 15 amide bonds. The Hall–Kier alpha value is -13.6. The normalized spacial score (nSPS) is 23.7. The molecule has 3 saturated heterocycles. The summed E-state index contributed by atoms with van der Waals surface area (Å²) < 4.78 is 45.2. The fourth-order valence-electron chi connectivity index (χ4n) is 17.1. The molecule has 14 atom stereocenters. The number of aliphatic hydroxyl groups excluding tert-OH is 1. The van der Waals surface area contributed by atoms with Crippen LogP contribution in [0.2, 0.25) is 0 Å². The van der Waals surface area contributed by atoms with Crippen LogP contribution in [0.15, 0.2) is 164 Å². The van der Waals surface area contributed by atoms with Gasteiger partial charge in [-0.3, -0.25) is 71.9 Å². The average Bonchev–Trinajstić information content (AvgIpc) is 1.54. The largest absolute Gasteiger partial charge is 0.508 e. The number of nitrogens with one attached hydrogen (secondary N) is 10. The van der Waals surface area contributed by atoms with Gasteiger partial charge >= 0.3 is 0 Å². The molecule has 138 heavy (non-hydrogen) atoms. The smallest absolute Gasteiger partial charge is 0.247 e. The number of carbonyl (C=O) groups is 15. The SMILES string of the molecule is C=C(CCCN)C1NC(=O)C(Cc2ccc(O)cc2)NC(=O)C(Cc2c[nH]c3ccccc23)NC(=O)C2CC(O)CN2C(=O)C(Cc2ccc(CN)cc2)NC(=O)C(Cc2ccccc2)N(C)C(=O)C(C(C)C)NC(=O)C(CN)NC(=O)C2CCCN2C(=O)C(CCCC)N(C)C(=O)C(Cc2ccccc2)N(C)C(=O)C(Cc2cc(F)c(F)c(F)c2)NC(=O)CSCC(C(=O)NCC(N)=O)NC1=O. The monoisotopic (exact) mass is 1930 g/mol. The van der Waals surface area contributed by atoms with Gasteiger partial charge in [-0.15, -0.1) is 11.8 Å². The van der Waals surface area contributed by atoms with Crippen molar-refractivity contribution >= 4 is 111 Å². The van der Waals surface area contributed by atoms with Gasteiger partial charge < -0.3 is 110 Å². The van der Waals surface area contributed by atoms with Gasteiger partial charge in [0.25, 0.3) is 0 Å². The van der Waals surface area contributed by atoms with Gasteiger partial charge in [-0.1, -0.05) is 155 Å². The van der Waals surface area contributed by atoms with Crippen LogP contribution in [0, 0.1) is 23.4 Å². The summed E-state index contributed by atoms with van der Waals surface area (Å²) in [6.07, 6.45) is -1.23. The maximum Gasteiger partial charge on any atom is 0.247 e. The highest BCUT2D eigenvalue weighted by molar-refractivity contribution is 8.00. The molecule has 7 aromatic rings. The number of primary amides is 1. The van der Waals surface area contributed by atoms with Crippen molar-refractivity contribution < 1.29 is 95.3 Å². The molecule has 3 aliphatic rings. The number of unbranched alkanes of at least 4 members (excludes halogenated alkanes) is 1. The second-order valence-corrected chi connectivity index (χ2v) is 36.4. The molecule has 36 nitrogen and oxygen atoms in total. The lowest BCUT2D eigenvalue weighted by Gasteiger charge is -2.38. The van der Waals surface area contributed by atoms with Crippen LogP contribution in [0.3, 0.4) is 0 Å². The number of benzene rings is 6. The number of phenolic OH excluding ortho intramolecular Hbond substituents is 1. The van der Waals surface area contributed by atoms with Gasteiger partial charge in [0, 0.05) is 115 Å². The molecule has 0 aliphatic carbocycles. The number of aromatic hydroxyl groups is 1. The van der Waals surface area contributed by atoms with Crippen LogP contribution in [-0.2, 0) is 117 Å². The third-order valence-corrected chi connectivity index (χ3v) is 25.9. The number of thioether (sulfide) groups is 1. The maximum absolute atomic E-state index is 15.9. The number of aliphatic hydroxyl groups is 1. The highest BCUT2D eigenvalue weighted by Crippen LogP contribution is 2.29. The zero-order valence-electron chi connectivity index (χ0n) is 78.0. The predicted octanol–water partition coefficient (Wildman–Crippen LogP) is 1.27. The van der Waals surface area contributed by atoms with E-state index in [1.165, 1.54) is 50.3 Å². The number of amides is 15. The van der Waals surface area contributed by atoms with Crippen LogP contribution in [0.25, 0.3) is 10.9 Å². The number of rotatable bonds is 25. The summed E-state index contributed by atoms with van der Waals surface area (Å²) in [4.78, 5) is 236. The van der Waals surface area contributed by atoms with Gasteiger partial charge in [-0.2, -0.15) is 0 Å². The Labute approximate surface area is 802 Å². The van der Waals surface area contributed by atoms with Crippen molar-refractivity contribution in [1.29, 1.82) is 0 Å². The fraction of sp³-hybridized carbons (Fsp3) is 0.439. The number of phenols is 1. The van der Waals surface area contributed by atoms with Gasteiger partial charge in [0.05, 0.1) is 18.4 Å². The first-order chi connectivity index (χ1) is 65.9. The van der Waals surface area contributed by atoms with E-state index in [2.05, 4.69) is 59.4 Å². The van der Waals surface area contributed by atoms with Crippen molar-refractivity contribution in [2.75, 3.05) is 65.4 Å². The molecular weight excluding hydrogens is 1800 g/mol. The van der Waals surface area contributed by atoms with Crippen LogP contribution in [-0.4, -0.2) is 278 Å². The number of hydrogen-bond donors (Lipinski definition) is 16. The van der Waals surface area contributed by atoms with Crippen LogP contribution in [0.5, 0.6) is 5.75 Å². The van der Waals surface area contributed by atoms with Crippen LogP contribution in [0.4, 0.5) is 13.2 Å². The first kappa shape index (κ1) is 106. The Bertz CT molecular complexity index is 5490. The molecule has 0 spiro atoms. The Kier molecular flexibility index (Phi) is 39.0. The van der Waals surface area contributed by atoms with E-state index in [9.17, 15) is 38.6 Å². The average molecular weight is 1930 g/mol. The quantitative estimate of drug-likeness (QED) is 0.0283. The summed E-state index contributed by atoms with van der Waals surface area (Å²) in [5.41, 5.74) is 27.0. The number of aromatic nitrogens is 1. The van der Waals surface area contributed by atoms with Gasteiger partial charge in [0.15, 0.2) is 17.5 Å². The van der Waals surface area contributed by atoms with Crippen molar-refractivity contribution in [2.45, 2.75) is 202 Å². The molecule has 740 valence electrons. The molecule has 0 saturated carbocycles. The van der Waals surface area contributed by atoms with Gasteiger partial charge in [0.2, 0.25) is 88.6 Å². The lowest BCUT2D eigenvalue weighted by Crippen LogP contribution is -2.62. The molecule has 0 bridgehead atoms. The van der Waals surface area contributed by atoms with Gasteiger partial charge in [0.1, 0.15) is 84.3 Å². The third kappa shape index (κ3) is 28.6. The van der Waals surface area contributed by atoms with Crippen molar-refractivity contribution in [3.8, 4) is 5.75 Å². The number of hydrogen-bond acceptors (Lipinski definition) is 21. The minimum absolute atomic E-state index is 0.00151. The van der Waals surface area contributed by atoms with E-state index in [0.717, 1.165) is 19.6 Å². The fourth-order valence-corrected chi connectivity index (χ4v) is 18.0. The summed E-state index contributed by atoms with van der Waals surface area (Å²) in [5.74, 6) is -21.8. The molecule has 3 aliphatic heterocycles. The number of fused-ring (bicyclic) bond motifs is 3. The molecule has 14 unspecified atom stereocenters. The number of halogens is 3. The summed E-state index contributed by atoms with van der Waals surface area (Å²) in [6.45, 7) is 7.49. The van der Waals surface area contributed by atoms with Crippen molar-refractivity contribution in [1.82, 2.24) is 77.3 Å². The van der Waals surface area contributed by atoms with Gasteiger partial charge in [-0.25, -0.2) is 13.2 Å². The van der Waals surface area contributed by atoms with Crippen LogP contribution >= 0.6 is 11.8 Å². The van der Waals surface area contributed by atoms with Crippen LogP contribution in [0.1, 0.15) is 111 Å². The first-order valence-electron chi connectivity index (χ1n) is 46.0. The standard InChI is InChI=1S/C98H124F3N19O17S/c1-8-9-27-77-97(136)119-38-19-28-76(119)90(129)112-74(49-104)89(128)114-84(55(2)3)98(137)117(6)78(44-57-21-12-10-13-22-57)91(130)111-73(42-59-29-31-61(48-103)32-30-59)95(134)120-52-65(122)47-79(120)92(131)110-71(46-63-50-106-69-26-17-16-25-66(63)69)87(126)109-70(41-60-33-35-64(121)36-34-60)88(127)115-85(56(4)20-18-37-102)93(132)113-75(86(125)107-51-81(105)123)53-138-54-82(124)108-72(43-62-39-67(99)83(101)68(100)40-62)94(133)118(7)80(96(135)116(77)5)45-58-23-14-11-15-24-58/h10-17,21-26,29-36,39-40,50,55,65,70-80,84-85,106,121-122H,4,8-9,18-20,27-28,37-38,41-49,51-54,102-104H2,1-3,5-7H3,(H2,105,123)(H,107,125)(H,108,124)(H,109,126)(H,110,131)(H,111,130)(H,112,129)(H,113,132)(H,114,128)(H,115,127). The molecule has 4 heterocycles. The van der Waals surface area contributed by atoms with E-state index in [1.54, 1.807) is 129 Å². The number of likely N-dealkylation sites (N-methyl/N-ethyl adjacent to an activating group) is 3. The number of carbonyl (C=O) groups excluding carboxylic acids is 15. The second kappa shape index (κ2) is 50.5. The zero-order chi connectivity index (χ0) is 100. The molecular formula is C98H124F3N19O17S. The van der Waals surface area contributed by atoms with E-state index in [4.69, 9.17) is 22.9 Å². The predicted molar refractivity (Wildman–Crippen MR) is 509 cm³/mol. The number of nitrogens with two attached hydrogens (primary N) is 4. The van der Waals surface area contributed by atoms with E-state index in [1.807, 2.05) is 6.92 Å². The molecule has 1 aromatic heterocycles. The number of aromatic amines is 1. The Morgan fingerprint density at radius 1 is 0.543 bits per heavy atom. The molecule has 40 heteroatoms. The van der Waals surface area contributed by atoms with Crippen LogP contribution < -0.4 is 70.8 Å². The van der Waals surface area contributed by atoms with Crippen molar-refractivity contribution in [2.24, 2.45) is 28.9 Å². The number of H-pyrrole nitrogens is 1. The molecule has 3 fully saturated rings.